The van der Waals surface area contributed by atoms with Crippen LogP contribution in [0.3, 0.4) is 0 Å². The fourth-order valence-corrected chi connectivity index (χ4v) is 17.9. The molecule has 15 rings (SSSR count). The normalized spacial score (nSPS) is 14.0. The van der Waals surface area contributed by atoms with Crippen molar-refractivity contribution in [3.63, 3.8) is 0 Å². The zero-order valence-corrected chi connectivity index (χ0v) is 61.2. The Bertz CT molecular complexity index is 4540. The van der Waals surface area contributed by atoms with Crippen LogP contribution in [-0.4, -0.2) is 83.3 Å². The zero-order valence-electron chi connectivity index (χ0n) is 57.1. The second-order valence-electron chi connectivity index (χ2n) is 25.2. The Balaban J connectivity index is 0.000000120. The van der Waals surface area contributed by atoms with Gasteiger partial charge < -0.3 is 0 Å². The van der Waals surface area contributed by atoms with Crippen LogP contribution in [0.25, 0.3) is 0 Å². The highest BCUT2D eigenvalue weighted by Crippen LogP contribution is 2.38. The summed E-state index contributed by atoms with van der Waals surface area (Å²) in [6.07, 6.45) is 11.4. The molecule has 0 saturated carbocycles. The van der Waals surface area contributed by atoms with Crippen molar-refractivity contribution in [2.45, 2.75) is 121 Å². The Morgan fingerprint density at radius 1 is 0.223 bits per heavy atom. The van der Waals surface area contributed by atoms with Crippen LogP contribution in [0.1, 0.15) is 106 Å². The SMILES string of the molecule is Cc1cc(C)c([N+]2=Cc3cccc(C)c3SC2)c(C)c1.Cc1ccc(C)c([N+]2=Cc3cccc(C)c3SC2)c1.Cc1ccc([N+]2=Cc3cccc(C)c3SC2)cc1C.Cc1ccccc1[N+]1=Cc2cccc(C)c2SC1.Cc1ccccc1[N+]1=Cc2cccc(C)c2SC1. The highest BCUT2D eigenvalue weighted by molar-refractivity contribution is 8.00. The lowest BCUT2D eigenvalue weighted by Gasteiger charge is -2.16. The van der Waals surface area contributed by atoms with Crippen molar-refractivity contribution in [3.8, 4) is 0 Å². The number of benzene rings is 10. The van der Waals surface area contributed by atoms with Gasteiger partial charge in [-0.1, -0.05) is 180 Å². The minimum atomic E-state index is 0.986. The highest BCUT2D eigenvalue weighted by atomic mass is 32.2. The summed E-state index contributed by atoms with van der Waals surface area (Å²) in [6.45, 7) is 30.5. The molecule has 0 fully saturated rings. The predicted molar refractivity (Wildman–Crippen MR) is 410 cm³/mol. The molecule has 5 heterocycles. The summed E-state index contributed by atoms with van der Waals surface area (Å²) in [7, 11) is 0. The van der Waals surface area contributed by atoms with Gasteiger partial charge in [0, 0.05) is 82.6 Å². The van der Waals surface area contributed by atoms with E-state index in [0.717, 1.165) is 29.4 Å². The monoisotopic (exact) mass is 1330 g/mol. The fourth-order valence-electron chi connectivity index (χ4n) is 12.6. The lowest BCUT2D eigenvalue weighted by Crippen LogP contribution is -2.15. The van der Waals surface area contributed by atoms with E-state index in [2.05, 4.69) is 339 Å². The van der Waals surface area contributed by atoms with Gasteiger partial charge in [0.05, 0.1) is 27.8 Å². The Hall–Kier alpha value is -7.70. The van der Waals surface area contributed by atoms with E-state index < -0.39 is 0 Å². The molecule has 94 heavy (non-hydrogen) atoms. The molecule has 0 unspecified atom stereocenters. The van der Waals surface area contributed by atoms with Gasteiger partial charge >= 0.3 is 0 Å². The van der Waals surface area contributed by atoms with Crippen molar-refractivity contribution in [2.75, 3.05) is 29.4 Å². The summed E-state index contributed by atoms with van der Waals surface area (Å²) in [5.74, 6) is 4.94. The Morgan fingerprint density at radius 2 is 0.543 bits per heavy atom. The molecule has 10 aromatic rings. The van der Waals surface area contributed by atoms with Gasteiger partial charge in [-0.3, -0.25) is 0 Å². The maximum atomic E-state index is 2.39. The smallest absolute Gasteiger partial charge is 0.188 e. The molecule has 0 atom stereocenters. The van der Waals surface area contributed by atoms with Gasteiger partial charge in [0.1, 0.15) is 0 Å². The number of hydrogen-bond acceptors (Lipinski definition) is 5. The molecule has 10 heteroatoms. The lowest BCUT2D eigenvalue weighted by molar-refractivity contribution is -0.412. The van der Waals surface area contributed by atoms with Crippen LogP contribution in [0, 0.1) is 96.9 Å². The molecule has 0 N–H and O–H groups in total. The molecule has 0 amide bonds. The third kappa shape index (κ3) is 16.0. The van der Waals surface area contributed by atoms with Crippen molar-refractivity contribution in [1.29, 1.82) is 0 Å². The van der Waals surface area contributed by atoms with Crippen LogP contribution in [0.4, 0.5) is 28.4 Å². The summed E-state index contributed by atoms with van der Waals surface area (Å²) >= 11 is 9.63. The van der Waals surface area contributed by atoms with Gasteiger partial charge in [0.15, 0.2) is 60.5 Å². The number of thioether (sulfide) groups is 5. The van der Waals surface area contributed by atoms with E-state index in [1.807, 2.05) is 58.8 Å². The Morgan fingerprint density at radius 3 is 0.936 bits per heavy atom. The van der Waals surface area contributed by atoms with E-state index in [0.29, 0.717) is 0 Å². The summed E-state index contributed by atoms with van der Waals surface area (Å²) in [5.41, 5.74) is 32.1. The Labute approximate surface area is 581 Å². The summed E-state index contributed by atoms with van der Waals surface area (Å²) in [6, 6.07) is 67.6. The fraction of sp³-hybridized carbons (Fsp3) is 0.226. The molecular formula is C84H88N5S5+5. The zero-order chi connectivity index (χ0) is 66.2. The molecule has 0 aliphatic carbocycles. The second-order valence-corrected chi connectivity index (χ2v) is 30.0. The first kappa shape index (κ1) is 67.7. The van der Waals surface area contributed by atoms with Crippen LogP contribution >= 0.6 is 58.8 Å². The molecule has 10 aromatic carbocycles. The molecule has 0 spiro atoms. The van der Waals surface area contributed by atoms with Crippen LogP contribution < -0.4 is 0 Å². The quantitative estimate of drug-likeness (QED) is 0.159. The molecule has 0 radical (unpaired) electrons. The highest BCUT2D eigenvalue weighted by Gasteiger charge is 2.27. The molecule has 5 nitrogen and oxygen atoms in total. The van der Waals surface area contributed by atoms with Crippen LogP contribution in [0.15, 0.2) is 213 Å². The Kier molecular flexibility index (Phi) is 22.2. The summed E-state index contributed by atoms with van der Waals surface area (Å²) in [4.78, 5) is 7.10. The third-order valence-corrected chi connectivity index (χ3v) is 24.0. The number of nitrogens with zero attached hydrogens (tertiary/aromatic N) is 5. The van der Waals surface area contributed by atoms with E-state index in [1.54, 1.807) is 0 Å². The standard InChI is InChI=1S/C18H20NS.2C17H18NS.2C16H16NS/c1-12-8-14(3)17(15(4)9-12)19-10-16-7-5-6-13(2)18(16)20-11-19;1-12-7-8-16(9-14(12)3)18-10-15-6-4-5-13(2)17(15)19-11-18;1-12-7-8-13(2)16(9-12)18-10-15-6-4-5-14(3)17(15)19-11-18;2*1-12-6-3-4-9-15(12)17-10-14-8-5-7-13(2)16(14)18-11-17/h5-10H,11H2,1-4H3;2*4-10H,11H2,1-3H3;2*3-10H,11H2,1-2H3/q5*+1. The molecule has 5 aliphatic rings. The van der Waals surface area contributed by atoms with Crippen LogP contribution in [0.5, 0.6) is 0 Å². The van der Waals surface area contributed by atoms with Gasteiger partial charge in [-0.2, -0.15) is 22.9 Å². The minimum Gasteiger partial charge on any atom is -0.188 e. The van der Waals surface area contributed by atoms with E-state index in [4.69, 9.17) is 0 Å². The maximum absolute atomic E-state index is 2.39. The average molecular weight is 1330 g/mol. The van der Waals surface area contributed by atoms with Crippen molar-refractivity contribution < 1.29 is 22.9 Å². The number of aryl methyl sites for hydroxylation is 14. The molecule has 0 aromatic heterocycles. The van der Waals surface area contributed by atoms with Crippen molar-refractivity contribution in [3.05, 3.63) is 294 Å². The summed E-state index contributed by atoms with van der Waals surface area (Å²) in [5, 5.41) is 0. The number of rotatable bonds is 5. The topological polar surface area (TPSA) is 15.0 Å². The third-order valence-electron chi connectivity index (χ3n) is 17.7. The summed E-state index contributed by atoms with van der Waals surface area (Å²) < 4.78 is 11.7. The average Bonchev–Trinajstić information content (AvgIpc) is 0.898. The van der Waals surface area contributed by atoms with Gasteiger partial charge in [0.2, 0.25) is 28.4 Å². The van der Waals surface area contributed by atoms with Gasteiger partial charge in [-0.05, 0) is 184 Å². The van der Waals surface area contributed by atoms with Crippen LogP contribution in [-0.2, 0) is 0 Å². The number of para-hydroxylation sites is 2. The predicted octanol–water partition coefficient (Wildman–Crippen LogP) is 21.9. The van der Waals surface area contributed by atoms with Gasteiger partial charge in [0.25, 0.3) is 0 Å². The first-order chi connectivity index (χ1) is 45.4. The molecule has 474 valence electrons. The van der Waals surface area contributed by atoms with Gasteiger partial charge in [-0.25, -0.2) is 0 Å². The number of fused-ring (bicyclic) bond motifs is 5. The minimum absolute atomic E-state index is 0.986. The van der Waals surface area contributed by atoms with E-state index >= 15 is 0 Å². The molecular weight excluding hydrogens is 1240 g/mol. The first-order valence-electron chi connectivity index (χ1n) is 32.4. The molecule has 5 aliphatic heterocycles. The first-order valence-corrected chi connectivity index (χ1v) is 37.3. The maximum Gasteiger partial charge on any atom is 0.211 e. The largest absolute Gasteiger partial charge is 0.211 e. The number of hydrogen-bond donors (Lipinski definition) is 0. The molecule has 0 saturated heterocycles. The van der Waals surface area contributed by atoms with E-state index in [-0.39, 0.29) is 0 Å². The van der Waals surface area contributed by atoms with E-state index in [1.165, 1.54) is 159 Å². The molecule has 0 bridgehead atoms. The van der Waals surface area contributed by atoms with E-state index in [9.17, 15) is 0 Å². The van der Waals surface area contributed by atoms with Gasteiger partial charge in [-0.15, -0.1) is 0 Å². The lowest BCUT2D eigenvalue weighted by atomic mass is 10.0. The van der Waals surface area contributed by atoms with Crippen molar-refractivity contribution >= 4 is 118 Å². The van der Waals surface area contributed by atoms with Crippen LogP contribution in [0.2, 0.25) is 0 Å². The second kappa shape index (κ2) is 30.8. The van der Waals surface area contributed by atoms with Crippen molar-refractivity contribution in [2.24, 2.45) is 0 Å². The van der Waals surface area contributed by atoms with Crippen molar-refractivity contribution in [1.82, 2.24) is 0 Å².